The first-order chi connectivity index (χ1) is 7.24. The van der Waals surface area contributed by atoms with Crippen LogP contribution >= 0.6 is 0 Å². The van der Waals surface area contributed by atoms with Crippen LogP contribution in [-0.4, -0.2) is 29.7 Å². The minimum Gasteiger partial charge on any atom is -0.344 e. The monoisotopic (exact) mass is 204 g/mol. The Hall–Kier alpha value is -1.55. The molecule has 1 heterocycles. The molecule has 0 aliphatic carbocycles. The maximum Gasteiger partial charge on any atom is 0.206 e. The summed E-state index contributed by atoms with van der Waals surface area (Å²) >= 11 is 0. The molecule has 15 heavy (non-hydrogen) atoms. The Morgan fingerprint density at radius 2 is 2.13 bits per heavy atom. The number of nitrogens with two attached hydrogens (primary N) is 1. The van der Waals surface area contributed by atoms with Gasteiger partial charge in [0.1, 0.15) is 0 Å². The van der Waals surface area contributed by atoms with Gasteiger partial charge in [-0.2, -0.15) is 0 Å². The molecule has 2 rings (SSSR count). The van der Waals surface area contributed by atoms with Crippen LogP contribution in [-0.2, 0) is 7.05 Å². The molecule has 1 aromatic carbocycles. The lowest BCUT2D eigenvalue weighted by molar-refractivity contribution is 0.808. The second-order valence-electron chi connectivity index (χ2n) is 3.67. The molecular weight excluding hydrogens is 188 g/mol. The standard InChI is InChI=1S/C11H16N4/c1-14(8-7-12)11-13-9-5-3-4-6-10(9)15(11)2/h3-6H,7-8,12H2,1-2H3. The van der Waals surface area contributed by atoms with Crippen LogP contribution in [0.1, 0.15) is 0 Å². The predicted molar refractivity (Wildman–Crippen MR) is 63.0 cm³/mol. The van der Waals surface area contributed by atoms with Crippen LogP contribution in [0.3, 0.4) is 0 Å². The van der Waals surface area contributed by atoms with E-state index in [1.165, 1.54) is 0 Å². The van der Waals surface area contributed by atoms with Gasteiger partial charge in [-0.15, -0.1) is 0 Å². The van der Waals surface area contributed by atoms with Gasteiger partial charge in [0.15, 0.2) is 0 Å². The van der Waals surface area contributed by atoms with Crippen molar-refractivity contribution in [3.05, 3.63) is 24.3 Å². The first-order valence-electron chi connectivity index (χ1n) is 5.06. The van der Waals surface area contributed by atoms with Crippen molar-refractivity contribution in [1.82, 2.24) is 9.55 Å². The zero-order chi connectivity index (χ0) is 10.8. The minimum atomic E-state index is 0.639. The topological polar surface area (TPSA) is 47.1 Å². The van der Waals surface area contributed by atoms with E-state index >= 15 is 0 Å². The highest BCUT2D eigenvalue weighted by Crippen LogP contribution is 2.19. The molecule has 0 radical (unpaired) electrons. The van der Waals surface area contributed by atoms with Crippen molar-refractivity contribution in [1.29, 1.82) is 0 Å². The lowest BCUT2D eigenvalue weighted by atomic mass is 10.3. The third-order valence-electron chi connectivity index (χ3n) is 2.57. The summed E-state index contributed by atoms with van der Waals surface area (Å²) in [4.78, 5) is 6.63. The van der Waals surface area contributed by atoms with Gasteiger partial charge in [0.25, 0.3) is 0 Å². The normalized spacial score (nSPS) is 10.9. The number of imidazole rings is 1. The van der Waals surface area contributed by atoms with Crippen LogP contribution in [0.25, 0.3) is 11.0 Å². The van der Waals surface area contributed by atoms with Gasteiger partial charge in [0.05, 0.1) is 11.0 Å². The van der Waals surface area contributed by atoms with Gasteiger partial charge >= 0.3 is 0 Å². The number of para-hydroxylation sites is 2. The average Bonchev–Trinajstić information content (AvgIpc) is 2.57. The smallest absolute Gasteiger partial charge is 0.206 e. The fraction of sp³-hybridized carbons (Fsp3) is 0.364. The van der Waals surface area contributed by atoms with Gasteiger partial charge in [-0.25, -0.2) is 4.98 Å². The molecule has 2 aromatic rings. The van der Waals surface area contributed by atoms with Gasteiger partial charge in [0.2, 0.25) is 5.95 Å². The summed E-state index contributed by atoms with van der Waals surface area (Å²) in [6.07, 6.45) is 0. The molecule has 0 aliphatic rings. The second kappa shape index (κ2) is 3.90. The van der Waals surface area contributed by atoms with E-state index in [1.54, 1.807) is 0 Å². The largest absolute Gasteiger partial charge is 0.344 e. The molecule has 0 atom stereocenters. The summed E-state index contributed by atoms with van der Waals surface area (Å²) in [5.41, 5.74) is 7.71. The van der Waals surface area contributed by atoms with Crippen LogP contribution < -0.4 is 10.6 Å². The number of hydrogen-bond acceptors (Lipinski definition) is 3. The van der Waals surface area contributed by atoms with Crippen molar-refractivity contribution in [3.63, 3.8) is 0 Å². The molecule has 1 aromatic heterocycles. The van der Waals surface area contributed by atoms with Crippen molar-refractivity contribution in [2.45, 2.75) is 0 Å². The number of benzene rings is 1. The van der Waals surface area contributed by atoms with E-state index in [1.807, 2.05) is 32.3 Å². The second-order valence-corrected chi connectivity index (χ2v) is 3.67. The number of hydrogen-bond donors (Lipinski definition) is 1. The molecule has 4 nitrogen and oxygen atoms in total. The molecule has 0 unspecified atom stereocenters. The van der Waals surface area contributed by atoms with Gasteiger partial charge in [-0.3, -0.25) is 0 Å². The van der Waals surface area contributed by atoms with Crippen molar-refractivity contribution >= 4 is 17.0 Å². The number of aryl methyl sites for hydroxylation is 1. The van der Waals surface area contributed by atoms with E-state index in [0.717, 1.165) is 23.5 Å². The molecule has 4 heteroatoms. The van der Waals surface area contributed by atoms with Gasteiger partial charge in [-0.05, 0) is 12.1 Å². The highest BCUT2D eigenvalue weighted by atomic mass is 15.3. The fourth-order valence-electron chi connectivity index (χ4n) is 1.77. The number of fused-ring (bicyclic) bond motifs is 1. The highest BCUT2D eigenvalue weighted by molar-refractivity contribution is 5.78. The summed E-state index contributed by atoms with van der Waals surface area (Å²) in [6.45, 7) is 1.46. The number of aromatic nitrogens is 2. The lowest BCUT2D eigenvalue weighted by Crippen LogP contribution is -2.27. The van der Waals surface area contributed by atoms with Crippen LogP contribution in [0.5, 0.6) is 0 Å². The molecule has 0 spiro atoms. The zero-order valence-corrected chi connectivity index (χ0v) is 9.14. The third kappa shape index (κ3) is 1.68. The molecule has 0 saturated heterocycles. The quantitative estimate of drug-likeness (QED) is 0.810. The Balaban J connectivity index is 2.48. The Labute approximate surface area is 89.3 Å². The summed E-state index contributed by atoms with van der Waals surface area (Å²) in [5.74, 6) is 0.960. The summed E-state index contributed by atoms with van der Waals surface area (Å²) in [7, 11) is 4.03. The Morgan fingerprint density at radius 3 is 2.80 bits per heavy atom. The minimum absolute atomic E-state index is 0.639. The number of nitrogens with zero attached hydrogens (tertiary/aromatic N) is 3. The van der Waals surface area contributed by atoms with E-state index in [4.69, 9.17) is 5.73 Å². The van der Waals surface area contributed by atoms with Crippen molar-refractivity contribution in [2.75, 3.05) is 25.0 Å². The summed E-state index contributed by atoms with van der Waals surface area (Å²) in [5, 5.41) is 0. The maximum atomic E-state index is 5.53. The lowest BCUT2D eigenvalue weighted by Gasteiger charge is -2.16. The van der Waals surface area contributed by atoms with Gasteiger partial charge in [-0.1, -0.05) is 12.1 Å². The Bertz CT molecular complexity index is 461. The van der Waals surface area contributed by atoms with Gasteiger partial charge < -0.3 is 15.2 Å². The summed E-state index contributed by atoms with van der Waals surface area (Å²) in [6, 6.07) is 8.12. The number of rotatable bonds is 3. The third-order valence-corrected chi connectivity index (χ3v) is 2.57. The number of anilines is 1. The average molecular weight is 204 g/mol. The van der Waals surface area contributed by atoms with E-state index in [9.17, 15) is 0 Å². The van der Waals surface area contributed by atoms with Gasteiger partial charge in [0, 0.05) is 27.2 Å². The first kappa shape index (κ1) is 9.98. The molecule has 0 saturated carbocycles. The van der Waals surface area contributed by atoms with E-state index in [-0.39, 0.29) is 0 Å². The molecular formula is C11H16N4. The van der Waals surface area contributed by atoms with Crippen molar-refractivity contribution in [2.24, 2.45) is 12.8 Å². The predicted octanol–water partition coefficient (Wildman–Crippen LogP) is 0.968. The fourth-order valence-corrected chi connectivity index (χ4v) is 1.77. The SMILES string of the molecule is CN(CCN)c1nc2ccccc2n1C. The number of likely N-dealkylation sites (N-methyl/N-ethyl adjacent to an activating group) is 1. The highest BCUT2D eigenvalue weighted by Gasteiger charge is 2.09. The summed E-state index contributed by atoms with van der Waals surface area (Å²) < 4.78 is 2.09. The van der Waals surface area contributed by atoms with E-state index < -0.39 is 0 Å². The van der Waals surface area contributed by atoms with Crippen LogP contribution in [0.15, 0.2) is 24.3 Å². The van der Waals surface area contributed by atoms with Crippen molar-refractivity contribution < 1.29 is 0 Å². The molecule has 0 aliphatic heterocycles. The molecule has 0 fully saturated rings. The first-order valence-corrected chi connectivity index (χ1v) is 5.06. The zero-order valence-electron chi connectivity index (χ0n) is 9.14. The Kier molecular flexibility index (Phi) is 2.60. The van der Waals surface area contributed by atoms with E-state index in [0.29, 0.717) is 6.54 Å². The van der Waals surface area contributed by atoms with Crippen LogP contribution in [0.2, 0.25) is 0 Å². The molecule has 0 amide bonds. The molecule has 80 valence electrons. The molecule has 2 N–H and O–H groups in total. The molecule has 0 bridgehead atoms. The Morgan fingerprint density at radius 1 is 1.40 bits per heavy atom. The van der Waals surface area contributed by atoms with Crippen LogP contribution in [0, 0.1) is 0 Å². The van der Waals surface area contributed by atoms with Crippen molar-refractivity contribution in [3.8, 4) is 0 Å². The van der Waals surface area contributed by atoms with Crippen LogP contribution in [0.4, 0.5) is 5.95 Å². The van der Waals surface area contributed by atoms with E-state index in [2.05, 4.69) is 20.5 Å². The maximum absolute atomic E-state index is 5.53.